The van der Waals surface area contributed by atoms with Crippen LogP contribution in [0.3, 0.4) is 0 Å². The second-order valence-corrected chi connectivity index (χ2v) is 6.20. The Morgan fingerprint density at radius 3 is 2.78 bits per heavy atom. The van der Waals surface area contributed by atoms with Gasteiger partial charge in [-0.15, -0.1) is 0 Å². The largest absolute Gasteiger partial charge is 0.303 e. The molecule has 23 heavy (non-hydrogen) atoms. The van der Waals surface area contributed by atoms with E-state index in [2.05, 4.69) is 31.4 Å². The monoisotopic (exact) mass is 393 g/mol. The highest BCUT2D eigenvalue weighted by molar-refractivity contribution is 9.10. The van der Waals surface area contributed by atoms with E-state index in [4.69, 9.17) is 11.6 Å². The SMILES string of the molecule is Cn1ccc(C(=O)Nc2nn(Cc3ccccc3Cl)cc2Br)n1. The molecule has 3 rings (SSSR count). The molecular weight excluding hydrogens is 382 g/mol. The minimum Gasteiger partial charge on any atom is -0.303 e. The number of benzene rings is 1. The topological polar surface area (TPSA) is 64.7 Å². The standard InChI is InChI=1S/C15H13BrClN5O/c1-21-7-6-13(19-21)15(23)18-14-11(16)9-22(20-14)8-10-4-2-3-5-12(10)17/h2-7,9H,8H2,1H3,(H,18,20,23). The van der Waals surface area contributed by atoms with E-state index < -0.39 is 0 Å². The van der Waals surface area contributed by atoms with Crippen molar-refractivity contribution in [2.45, 2.75) is 6.54 Å². The third kappa shape index (κ3) is 3.62. The summed E-state index contributed by atoms with van der Waals surface area (Å²) in [5, 5.41) is 11.8. The molecule has 0 aliphatic rings. The summed E-state index contributed by atoms with van der Waals surface area (Å²) in [6, 6.07) is 9.21. The van der Waals surface area contributed by atoms with Gasteiger partial charge in [-0.05, 0) is 33.6 Å². The number of amides is 1. The lowest BCUT2D eigenvalue weighted by atomic mass is 10.2. The fourth-order valence-electron chi connectivity index (χ4n) is 2.07. The molecule has 0 unspecified atom stereocenters. The number of hydrogen-bond acceptors (Lipinski definition) is 3. The molecule has 0 atom stereocenters. The number of nitrogens with zero attached hydrogens (tertiary/aromatic N) is 4. The van der Waals surface area contributed by atoms with Gasteiger partial charge < -0.3 is 5.32 Å². The van der Waals surface area contributed by atoms with Gasteiger partial charge >= 0.3 is 0 Å². The van der Waals surface area contributed by atoms with Gasteiger partial charge in [0.2, 0.25) is 0 Å². The van der Waals surface area contributed by atoms with E-state index in [-0.39, 0.29) is 5.91 Å². The van der Waals surface area contributed by atoms with Gasteiger partial charge in [-0.2, -0.15) is 10.2 Å². The molecule has 0 saturated carbocycles. The second kappa shape index (κ2) is 6.55. The fraction of sp³-hybridized carbons (Fsp3) is 0.133. The van der Waals surface area contributed by atoms with Gasteiger partial charge in [0.05, 0.1) is 11.0 Å². The molecule has 1 N–H and O–H groups in total. The summed E-state index contributed by atoms with van der Waals surface area (Å²) in [4.78, 5) is 12.1. The molecule has 1 aromatic carbocycles. The number of carbonyl (C=O) groups is 1. The molecule has 8 heteroatoms. The van der Waals surface area contributed by atoms with Crippen molar-refractivity contribution in [3.05, 3.63) is 63.5 Å². The van der Waals surface area contributed by atoms with E-state index in [9.17, 15) is 4.79 Å². The quantitative estimate of drug-likeness (QED) is 0.738. The van der Waals surface area contributed by atoms with Gasteiger partial charge in [-0.3, -0.25) is 14.2 Å². The van der Waals surface area contributed by atoms with E-state index in [1.807, 2.05) is 24.3 Å². The van der Waals surface area contributed by atoms with E-state index in [0.29, 0.717) is 27.6 Å². The molecule has 2 heterocycles. The van der Waals surface area contributed by atoms with Crippen LogP contribution < -0.4 is 5.32 Å². The van der Waals surface area contributed by atoms with Crippen molar-refractivity contribution in [1.29, 1.82) is 0 Å². The van der Waals surface area contributed by atoms with Crippen LogP contribution in [0, 0.1) is 0 Å². The summed E-state index contributed by atoms with van der Waals surface area (Å²) in [5.74, 6) is 0.127. The maximum Gasteiger partial charge on any atom is 0.277 e. The molecule has 0 aliphatic carbocycles. The zero-order valence-electron chi connectivity index (χ0n) is 12.2. The van der Waals surface area contributed by atoms with Crippen LogP contribution in [0.15, 0.2) is 47.2 Å². The number of rotatable bonds is 4. The first kappa shape index (κ1) is 15.8. The molecule has 0 fully saturated rings. The van der Waals surface area contributed by atoms with Gasteiger partial charge in [0.25, 0.3) is 5.91 Å². The Kier molecular flexibility index (Phi) is 4.49. The normalized spacial score (nSPS) is 10.7. The first-order chi connectivity index (χ1) is 11.0. The molecule has 1 amide bonds. The summed E-state index contributed by atoms with van der Waals surface area (Å²) in [6.45, 7) is 0.512. The summed E-state index contributed by atoms with van der Waals surface area (Å²) in [7, 11) is 1.75. The smallest absolute Gasteiger partial charge is 0.277 e. The molecule has 0 bridgehead atoms. The highest BCUT2D eigenvalue weighted by Gasteiger charge is 2.14. The van der Waals surface area contributed by atoms with Crippen molar-refractivity contribution >= 4 is 39.3 Å². The number of hydrogen-bond donors (Lipinski definition) is 1. The molecule has 2 aromatic heterocycles. The lowest BCUT2D eigenvalue weighted by Gasteiger charge is -2.04. The van der Waals surface area contributed by atoms with Gasteiger partial charge in [0.1, 0.15) is 0 Å². The number of aryl methyl sites for hydroxylation is 1. The second-order valence-electron chi connectivity index (χ2n) is 4.94. The predicted molar refractivity (Wildman–Crippen MR) is 91.6 cm³/mol. The maximum atomic E-state index is 12.1. The Balaban J connectivity index is 1.76. The third-order valence-corrected chi connectivity index (χ3v) is 4.13. The first-order valence-electron chi connectivity index (χ1n) is 6.80. The molecule has 0 spiro atoms. The van der Waals surface area contributed by atoms with E-state index in [0.717, 1.165) is 5.56 Å². The molecular formula is C15H13BrClN5O. The van der Waals surface area contributed by atoms with Crippen molar-refractivity contribution in [3.8, 4) is 0 Å². The van der Waals surface area contributed by atoms with E-state index in [1.165, 1.54) is 0 Å². The van der Waals surface area contributed by atoms with Crippen LogP contribution in [0.2, 0.25) is 5.02 Å². The average Bonchev–Trinajstić information content (AvgIpc) is 3.08. The van der Waals surface area contributed by atoms with Crippen LogP contribution in [0.4, 0.5) is 5.82 Å². The number of halogens is 2. The summed E-state index contributed by atoms with van der Waals surface area (Å²) in [6.07, 6.45) is 3.50. The highest BCUT2D eigenvalue weighted by atomic mass is 79.9. The summed E-state index contributed by atoms with van der Waals surface area (Å²) < 4.78 is 3.97. The molecule has 6 nitrogen and oxygen atoms in total. The van der Waals surface area contributed by atoms with Crippen LogP contribution in [0.25, 0.3) is 0 Å². The van der Waals surface area contributed by atoms with Crippen LogP contribution in [0.1, 0.15) is 16.1 Å². The Bertz CT molecular complexity index is 857. The summed E-state index contributed by atoms with van der Waals surface area (Å²) >= 11 is 9.55. The van der Waals surface area contributed by atoms with Crippen LogP contribution in [-0.4, -0.2) is 25.5 Å². The Labute approximate surface area is 146 Å². The lowest BCUT2D eigenvalue weighted by Crippen LogP contribution is -2.14. The Morgan fingerprint density at radius 2 is 2.09 bits per heavy atom. The molecule has 3 aromatic rings. The Hall–Kier alpha value is -2.12. The minimum atomic E-state index is -0.311. The molecule has 0 aliphatic heterocycles. The van der Waals surface area contributed by atoms with E-state index >= 15 is 0 Å². The molecule has 0 saturated heterocycles. The first-order valence-corrected chi connectivity index (χ1v) is 7.97. The van der Waals surface area contributed by atoms with Crippen molar-refractivity contribution in [2.24, 2.45) is 7.05 Å². The number of aromatic nitrogens is 4. The third-order valence-electron chi connectivity index (χ3n) is 3.19. The molecule has 0 radical (unpaired) electrons. The zero-order chi connectivity index (χ0) is 16.4. The Morgan fingerprint density at radius 1 is 1.30 bits per heavy atom. The number of carbonyl (C=O) groups excluding carboxylic acids is 1. The highest BCUT2D eigenvalue weighted by Crippen LogP contribution is 2.23. The van der Waals surface area contributed by atoms with E-state index in [1.54, 1.807) is 34.9 Å². The van der Waals surface area contributed by atoms with Crippen molar-refractivity contribution in [2.75, 3.05) is 5.32 Å². The maximum absolute atomic E-state index is 12.1. The lowest BCUT2D eigenvalue weighted by molar-refractivity contribution is 0.102. The minimum absolute atomic E-state index is 0.311. The van der Waals surface area contributed by atoms with Crippen LogP contribution in [0.5, 0.6) is 0 Å². The van der Waals surface area contributed by atoms with Gasteiger partial charge in [0, 0.05) is 24.5 Å². The van der Waals surface area contributed by atoms with Crippen molar-refractivity contribution in [1.82, 2.24) is 19.6 Å². The fourth-order valence-corrected chi connectivity index (χ4v) is 2.68. The van der Waals surface area contributed by atoms with Gasteiger partial charge in [0.15, 0.2) is 11.5 Å². The van der Waals surface area contributed by atoms with Crippen LogP contribution >= 0.6 is 27.5 Å². The zero-order valence-corrected chi connectivity index (χ0v) is 14.5. The average molecular weight is 395 g/mol. The van der Waals surface area contributed by atoms with Crippen molar-refractivity contribution < 1.29 is 4.79 Å². The van der Waals surface area contributed by atoms with Gasteiger partial charge in [-0.25, -0.2) is 0 Å². The van der Waals surface area contributed by atoms with Crippen LogP contribution in [-0.2, 0) is 13.6 Å². The summed E-state index contributed by atoms with van der Waals surface area (Å²) in [5.41, 5.74) is 1.28. The van der Waals surface area contributed by atoms with Gasteiger partial charge in [-0.1, -0.05) is 29.8 Å². The molecule has 118 valence electrons. The number of nitrogens with one attached hydrogen (secondary N) is 1. The number of anilines is 1. The predicted octanol–water partition coefficient (Wildman–Crippen LogP) is 3.33. The van der Waals surface area contributed by atoms with Crippen molar-refractivity contribution in [3.63, 3.8) is 0 Å².